The molecule has 2 heteroatoms. The van der Waals surface area contributed by atoms with Gasteiger partial charge in [0.05, 0.1) is 11.4 Å². The van der Waals surface area contributed by atoms with Gasteiger partial charge in [0.2, 0.25) is 0 Å². The van der Waals surface area contributed by atoms with Crippen LogP contribution in [0.25, 0.3) is 11.1 Å². The summed E-state index contributed by atoms with van der Waals surface area (Å²) < 4.78 is 0. The average molecular weight is 369 g/mol. The van der Waals surface area contributed by atoms with Crippen LogP contribution in [0.4, 0.5) is 0 Å². The Morgan fingerprint density at radius 3 is 1.68 bits per heavy atom. The van der Waals surface area contributed by atoms with Gasteiger partial charge in [-0.15, -0.1) is 0 Å². The summed E-state index contributed by atoms with van der Waals surface area (Å²) >= 11 is 0. The first kappa shape index (κ1) is 19.8. The third kappa shape index (κ3) is 5.26. The highest BCUT2D eigenvalue weighted by molar-refractivity contribution is 6.01. The molecule has 0 fully saturated rings. The van der Waals surface area contributed by atoms with Crippen molar-refractivity contribution in [2.45, 2.75) is 40.0 Å². The lowest BCUT2D eigenvalue weighted by Gasteiger charge is -2.05. The van der Waals surface area contributed by atoms with E-state index in [1.807, 2.05) is 19.9 Å². The third-order valence-electron chi connectivity index (χ3n) is 4.95. The molecule has 3 aromatic rings. The van der Waals surface area contributed by atoms with Crippen LogP contribution < -0.4 is 0 Å². The molecular weight excluding hydrogens is 340 g/mol. The topological polar surface area (TPSA) is 24.7 Å². The molecule has 3 rings (SSSR count). The standard InChI is InChI=1S/C26H28N2/c1-4-5-9-22-12-14-23(15-13-22)20(2)27-28-21(3)24-16-18-26(19-17-24)25-10-7-6-8-11-25/h6-8,10-19H,4-5,9H2,1-3H3/b27-20+,28-21+. The fourth-order valence-electron chi connectivity index (χ4n) is 3.09. The lowest BCUT2D eigenvalue weighted by atomic mass is 10.0. The summed E-state index contributed by atoms with van der Waals surface area (Å²) in [5.74, 6) is 0. The maximum Gasteiger partial charge on any atom is 0.0671 e. The Balaban J connectivity index is 1.70. The van der Waals surface area contributed by atoms with Crippen LogP contribution in [0.15, 0.2) is 89.1 Å². The van der Waals surface area contributed by atoms with Gasteiger partial charge in [-0.1, -0.05) is 92.2 Å². The minimum atomic E-state index is 0.915. The van der Waals surface area contributed by atoms with E-state index in [9.17, 15) is 0 Å². The molecule has 0 unspecified atom stereocenters. The van der Waals surface area contributed by atoms with Gasteiger partial charge in [0.25, 0.3) is 0 Å². The smallest absolute Gasteiger partial charge is 0.0671 e. The van der Waals surface area contributed by atoms with Crippen molar-refractivity contribution in [3.63, 3.8) is 0 Å². The van der Waals surface area contributed by atoms with Crippen LogP contribution in [0.1, 0.15) is 50.3 Å². The molecular formula is C26H28N2. The Kier molecular flexibility index (Phi) is 6.91. The van der Waals surface area contributed by atoms with E-state index < -0.39 is 0 Å². The number of hydrogen-bond donors (Lipinski definition) is 0. The zero-order chi connectivity index (χ0) is 19.8. The lowest BCUT2D eigenvalue weighted by Crippen LogP contribution is -1.97. The van der Waals surface area contributed by atoms with E-state index in [2.05, 4.69) is 89.9 Å². The Labute approximate surface area is 168 Å². The van der Waals surface area contributed by atoms with E-state index in [1.165, 1.54) is 29.5 Å². The predicted octanol–water partition coefficient (Wildman–Crippen LogP) is 6.93. The summed E-state index contributed by atoms with van der Waals surface area (Å²) in [5, 5.41) is 8.90. The van der Waals surface area contributed by atoms with Gasteiger partial charge in [0.1, 0.15) is 0 Å². The van der Waals surface area contributed by atoms with E-state index in [-0.39, 0.29) is 0 Å². The largest absolute Gasteiger partial charge is 0.155 e. The third-order valence-corrected chi connectivity index (χ3v) is 4.95. The minimum Gasteiger partial charge on any atom is -0.155 e. The van der Waals surface area contributed by atoms with Crippen LogP contribution in [0, 0.1) is 0 Å². The monoisotopic (exact) mass is 368 g/mol. The number of benzene rings is 3. The van der Waals surface area contributed by atoms with Crippen LogP contribution in [0.5, 0.6) is 0 Å². The van der Waals surface area contributed by atoms with E-state index in [4.69, 9.17) is 0 Å². The predicted molar refractivity (Wildman–Crippen MR) is 121 cm³/mol. The van der Waals surface area contributed by atoms with Gasteiger partial charge >= 0.3 is 0 Å². The molecule has 0 aliphatic heterocycles. The second kappa shape index (κ2) is 9.80. The molecule has 0 atom stereocenters. The first-order chi connectivity index (χ1) is 13.7. The molecule has 2 nitrogen and oxygen atoms in total. The molecule has 0 saturated heterocycles. The molecule has 142 valence electrons. The Hall–Kier alpha value is -3.00. The van der Waals surface area contributed by atoms with Crippen LogP contribution in [-0.4, -0.2) is 11.4 Å². The van der Waals surface area contributed by atoms with Gasteiger partial charge in [-0.05, 0) is 54.5 Å². The second-order valence-corrected chi connectivity index (χ2v) is 7.11. The van der Waals surface area contributed by atoms with Crippen molar-refractivity contribution in [2.24, 2.45) is 10.2 Å². The Bertz CT molecular complexity index is 934. The molecule has 0 saturated carbocycles. The van der Waals surface area contributed by atoms with Crippen LogP contribution in [0.3, 0.4) is 0 Å². The number of rotatable bonds is 7. The fraction of sp³-hybridized carbons (Fsp3) is 0.231. The van der Waals surface area contributed by atoms with Gasteiger partial charge in [-0.3, -0.25) is 0 Å². The molecule has 0 amide bonds. The van der Waals surface area contributed by atoms with Crippen LogP contribution >= 0.6 is 0 Å². The van der Waals surface area contributed by atoms with Crippen molar-refractivity contribution in [3.05, 3.63) is 95.6 Å². The zero-order valence-corrected chi connectivity index (χ0v) is 17.0. The lowest BCUT2D eigenvalue weighted by molar-refractivity contribution is 0.795. The van der Waals surface area contributed by atoms with Crippen LogP contribution in [-0.2, 0) is 6.42 Å². The van der Waals surface area contributed by atoms with Gasteiger partial charge in [-0.25, -0.2) is 0 Å². The normalized spacial score (nSPS) is 12.2. The van der Waals surface area contributed by atoms with Gasteiger partial charge < -0.3 is 0 Å². The summed E-state index contributed by atoms with van der Waals surface area (Å²) in [7, 11) is 0. The minimum absolute atomic E-state index is 0.915. The van der Waals surface area contributed by atoms with Crippen molar-refractivity contribution in [2.75, 3.05) is 0 Å². The van der Waals surface area contributed by atoms with Crippen molar-refractivity contribution >= 4 is 11.4 Å². The highest BCUT2D eigenvalue weighted by Gasteiger charge is 2.02. The van der Waals surface area contributed by atoms with E-state index in [0.717, 1.165) is 29.0 Å². The van der Waals surface area contributed by atoms with Crippen molar-refractivity contribution in [1.29, 1.82) is 0 Å². The molecule has 0 spiro atoms. The SMILES string of the molecule is CCCCc1ccc(/C(C)=N/N=C(\C)c2ccc(-c3ccccc3)cc2)cc1. The van der Waals surface area contributed by atoms with E-state index in [1.54, 1.807) is 0 Å². The second-order valence-electron chi connectivity index (χ2n) is 7.11. The first-order valence-corrected chi connectivity index (χ1v) is 10.0. The van der Waals surface area contributed by atoms with E-state index >= 15 is 0 Å². The Morgan fingerprint density at radius 1 is 0.643 bits per heavy atom. The summed E-state index contributed by atoms with van der Waals surface area (Å²) in [6, 6.07) is 27.6. The zero-order valence-electron chi connectivity index (χ0n) is 17.0. The van der Waals surface area contributed by atoms with Crippen LogP contribution in [0.2, 0.25) is 0 Å². The maximum absolute atomic E-state index is 4.45. The molecule has 0 aliphatic rings. The molecule has 0 radical (unpaired) electrons. The number of aryl methyl sites for hydroxylation is 1. The highest BCUT2D eigenvalue weighted by atomic mass is 15.2. The number of unbranched alkanes of at least 4 members (excludes halogenated alkanes) is 1. The van der Waals surface area contributed by atoms with Crippen molar-refractivity contribution in [1.82, 2.24) is 0 Å². The summed E-state index contributed by atoms with van der Waals surface area (Å²) in [4.78, 5) is 0. The quantitative estimate of drug-likeness (QED) is 0.319. The van der Waals surface area contributed by atoms with Gasteiger partial charge in [-0.2, -0.15) is 10.2 Å². The molecule has 3 aromatic carbocycles. The molecule has 0 bridgehead atoms. The molecule has 0 aromatic heterocycles. The number of nitrogens with zero attached hydrogens (tertiary/aromatic N) is 2. The molecule has 0 aliphatic carbocycles. The highest BCUT2D eigenvalue weighted by Crippen LogP contribution is 2.19. The summed E-state index contributed by atoms with van der Waals surface area (Å²) in [5.41, 5.74) is 7.87. The summed E-state index contributed by atoms with van der Waals surface area (Å²) in [6.07, 6.45) is 3.60. The van der Waals surface area contributed by atoms with Crippen molar-refractivity contribution in [3.8, 4) is 11.1 Å². The molecule has 0 N–H and O–H groups in total. The average Bonchev–Trinajstić information content (AvgIpc) is 2.77. The molecule has 28 heavy (non-hydrogen) atoms. The first-order valence-electron chi connectivity index (χ1n) is 10.0. The fourth-order valence-corrected chi connectivity index (χ4v) is 3.09. The van der Waals surface area contributed by atoms with Gasteiger partial charge in [0, 0.05) is 0 Å². The molecule has 0 heterocycles. The summed E-state index contributed by atoms with van der Waals surface area (Å²) in [6.45, 7) is 6.24. The van der Waals surface area contributed by atoms with E-state index in [0.29, 0.717) is 0 Å². The maximum atomic E-state index is 4.45. The van der Waals surface area contributed by atoms with Crippen molar-refractivity contribution < 1.29 is 0 Å². The van der Waals surface area contributed by atoms with Gasteiger partial charge in [0.15, 0.2) is 0 Å². The number of hydrogen-bond acceptors (Lipinski definition) is 2. The Morgan fingerprint density at radius 2 is 1.14 bits per heavy atom.